The first kappa shape index (κ1) is 10.7. The summed E-state index contributed by atoms with van der Waals surface area (Å²) in [5.41, 5.74) is 0.869. The van der Waals surface area contributed by atoms with Gasteiger partial charge in [-0.1, -0.05) is 30.3 Å². The van der Waals surface area contributed by atoms with E-state index in [2.05, 4.69) is 4.72 Å². The number of hydrogen-bond acceptors (Lipinski definition) is 3. The van der Waals surface area contributed by atoms with E-state index in [0.717, 1.165) is 5.56 Å². The Morgan fingerprint density at radius 3 is 2.50 bits per heavy atom. The molecule has 1 aromatic rings. The van der Waals surface area contributed by atoms with Crippen LogP contribution in [0.3, 0.4) is 0 Å². The van der Waals surface area contributed by atoms with Crippen molar-refractivity contribution in [2.75, 3.05) is 5.75 Å². The number of hydrogen-bond donors (Lipinski definition) is 1. The van der Waals surface area contributed by atoms with E-state index in [9.17, 15) is 8.42 Å². The van der Waals surface area contributed by atoms with Crippen LogP contribution in [0.4, 0.5) is 0 Å². The Hall–Kier alpha value is -1.38. The van der Waals surface area contributed by atoms with Crippen LogP contribution in [-0.2, 0) is 16.6 Å². The zero-order chi connectivity index (χ0) is 10.4. The SMILES string of the molecule is N#CCS(=O)(=O)NCc1ccccc1. The molecule has 0 radical (unpaired) electrons. The second-order valence-electron chi connectivity index (χ2n) is 2.72. The maximum atomic E-state index is 11.1. The van der Waals surface area contributed by atoms with E-state index in [-0.39, 0.29) is 6.54 Å². The summed E-state index contributed by atoms with van der Waals surface area (Å²) in [7, 11) is -3.44. The molecular weight excluding hydrogens is 200 g/mol. The van der Waals surface area contributed by atoms with Crippen LogP contribution in [0.1, 0.15) is 5.56 Å². The molecule has 0 amide bonds. The van der Waals surface area contributed by atoms with Gasteiger partial charge in [0.1, 0.15) is 0 Å². The van der Waals surface area contributed by atoms with E-state index in [0.29, 0.717) is 0 Å². The molecule has 4 nitrogen and oxygen atoms in total. The molecule has 0 aliphatic carbocycles. The molecule has 0 fully saturated rings. The van der Waals surface area contributed by atoms with Crippen LogP contribution in [-0.4, -0.2) is 14.2 Å². The van der Waals surface area contributed by atoms with Crippen LogP contribution in [0.2, 0.25) is 0 Å². The Morgan fingerprint density at radius 2 is 1.93 bits per heavy atom. The molecule has 1 aromatic carbocycles. The average Bonchev–Trinajstić information content (AvgIpc) is 2.17. The normalized spacial score (nSPS) is 10.8. The van der Waals surface area contributed by atoms with Gasteiger partial charge in [-0.25, -0.2) is 13.1 Å². The van der Waals surface area contributed by atoms with Crippen molar-refractivity contribution in [3.05, 3.63) is 35.9 Å². The Balaban J connectivity index is 2.55. The first-order valence-electron chi connectivity index (χ1n) is 4.02. The highest BCUT2D eigenvalue weighted by molar-refractivity contribution is 7.89. The molecule has 0 aromatic heterocycles. The van der Waals surface area contributed by atoms with E-state index in [1.807, 2.05) is 30.3 Å². The van der Waals surface area contributed by atoms with Crippen molar-refractivity contribution in [3.8, 4) is 6.07 Å². The van der Waals surface area contributed by atoms with Gasteiger partial charge in [0, 0.05) is 6.54 Å². The van der Waals surface area contributed by atoms with Crippen LogP contribution in [0.15, 0.2) is 30.3 Å². The number of nitrogens with one attached hydrogen (secondary N) is 1. The summed E-state index contributed by atoms with van der Waals surface area (Å²) in [6, 6.07) is 10.7. The number of rotatable bonds is 4. The average molecular weight is 210 g/mol. The molecule has 1 rings (SSSR count). The lowest BCUT2D eigenvalue weighted by molar-refractivity contribution is 0.585. The van der Waals surface area contributed by atoms with Crippen LogP contribution >= 0.6 is 0 Å². The first-order valence-corrected chi connectivity index (χ1v) is 5.67. The van der Waals surface area contributed by atoms with Gasteiger partial charge in [0.05, 0.1) is 6.07 Å². The summed E-state index contributed by atoms with van der Waals surface area (Å²) >= 11 is 0. The zero-order valence-electron chi connectivity index (χ0n) is 7.47. The lowest BCUT2D eigenvalue weighted by Gasteiger charge is -2.02. The van der Waals surface area contributed by atoms with Gasteiger partial charge in [0.2, 0.25) is 10.0 Å². The molecule has 0 heterocycles. The number of benzene rings is 1. The van der Waals surface area contributed by atoms with Crippen molar-refractivity contribution >= 4 is 10.0 Å². The molecule has 74 valence electrons. The van der Waals surface area contributed by atoms with Crippen molar-refractivity contribution in [1.82, 2.24) is 4.72 Å². The summed E-state index contributed by atoms with van der Waals surface area (Å²) in [5, 5.41) is 8.23. The van der Waals surface area contributed by atoms with Crippen molar-refractivity contribution in [3.63, 3.8) is 0 Å². The lowest BCUT2D eigenvalue weighted by atomic mass is 10.2. The summed E-state index contributed by atoms with van der Waals surface area (Å²) in [5.74, 6) is -0.500. The maximum Gasteiger partial charge on any atom is 0.225 e. The second-order valence-corrected chi connectivity index (χ2v) is 4.53. The van der Waals surface area contributed by atoms with Crippen LogP contribution < -0.4 is 4.72 Å². The molecule has 0 aliphatic heterocycles. The minimum Gasteiger partial charge on any atom is -0.211 e. The summed E-state index contributed by atoms with van der Waals surface area (Å²) in [4.78, 5) is 0. The fourth-order valence-corrected chi connectivity index (χ4v) is 1.58. The number of sulfonamides is 1. The Kier molecular flexibility index (Phi) is 3.63. The highest BCUT2D eigenvalue weighted by Crippen LogP contribution is 1.98. The smallest absolute Gasteiger partial charge is 0.211 e. The quantitative estimate of drug-likeness (QED) is 0.792. The highest BCUT2D eigenvalue weighted by Gasteiger charge is 2.07. The van der Waals surface area contributed by atoms with Crippen molar-refractivity contribution < 1.29 is 8.42 Å². The summed E-state index contributed by atoms with van der Waals surface area (Å²) in [6.45, 7) is 0.227. The third-order valence-corrected chi connectivity index (χ3v) is 2.69. The number of nitriles is 1. The Labute approximate surface area is 83.2 Å². The number of nitrogens with zero attached hydrogens (tertiary/aromatic N) is 1. The zero-order valence-corrected chi connectivity index (χ0v) is 8.29. The molecular formula is C9H10N2O2S. The molecule has 0 bridgehead atoms. The fraction of sp³-hybridized carbons (Fsp3) is 0.222. The van der Waals surface area contributed by atoms with E-state index in [1.54, 1.807) is 6.07 Å². The van der Waals surface area contributed by atoms with Crippen molar-refractivity contribution in [2.45, 2.75) is 6.54 Å². The third kappa shape index (κ3) is 3.56. The summed E-state index contributed by atoms with van der Waals surface area (Å²) in [6.07, 6.45) is 0. The van der Waals surface area contributed by atoms with Gasteiger partial charge in [0.15, 0.2) is 5.75 Å². The van der Waals surface area contributed by atoms with Crippen LogP contribution in [0.5, 0.6) is 0 Å². The lowest BCUT2D eigenvalue weighted by Crippen LogP contribution is -2.25. The largest absolute Gasteiger partial charge is 0.225 e. The molecule has 0 saturated heterocycles. The topological polar surface area (TPSA) is 70.0 Å². The molecule has 1 N–H and O–H groups in total. The van der Waals surface area contributed by atoms with Gasteiger partial charge in [0.25, 0.3) is 0 Å². The van der Waals surface area contributed by atoms with Gasteiger partial charge in [-0.15, -0.1) is 0 Å². The second kappa shape index (κ2) is 4.74. The van der Waals surface area contributed by atoms with Gasteiger partial charge < -0.3 is 0 Å². The predicted octanol–water partition coefficient (Wildman–Crippen LogP) is 0.630. The molecule has 14 heavy (non-hydrogen) atoms. The molecule has 0 atom stereocenters. The molecule has 0 saturated carbocycles. The van der Waals surface area contributed by atoms with Gasteiger partial charge in [-0.2, -0.15) is 5.26 Å². The van der Waals surface area contributed by atoms with E-state index >= 15 is 0 Å². The van der Waals surface area contributed by atoms with E-state index in [4.69, 9.17) is 5.26 Å². The van der Waals surface area contributed by atoms with E-state index in [1.165, 1.54) is 0 Å². The highest BCUT2D eigenvalue weighted by atomic mass is 32.2. The van der Waals surface area contributed by atoms with Crippen LogP contribution in [0.25, 0.3) is 0 Å². The minimum absolute atomic E-state index is 0.227. The van der Waals surface area contributed by atoms with E-state index < -0.39 is 15.8 Å². The minimum atomic E-state index is -3.44. The van der Waals surface area contributed by atoms with Crippen molar-refractivity contribution in [1.29, 1.82) is 5.26 Å². The standard InChI is InChI=1S/C9H10N2O2S/c10-6-7-14(12,13)11-8-9-4-2-1-3-5-9/h1-5,11H,7-8H2. The fourth-order valence-electron chi connectivity index (χ4n) is 0.925. The van der Waals surface area contributed by atoms with Gasteiger partial charge in [-0.05, 0) is 5.56 Å². The van der Waals surface area contributed by atoms with Gasteiger partial charge in [-0.3, -0.25) is 0 Å². The molecule has 0 spiro atoms. The molecule has 0 aliphatic rings. The first-order chi connectivity index (χ1) is 6.64. The Bertz CT molecular complexity index is 420. The van der Waals surface area contributed by atoms with Gasteiger partial charge >= 0.3 is 0 Å². The van der Waals surface area contributed by atoms with Crippen molar-refractivity contribution in [2.24, 2.45) is 0 Å². The monoisotopic (exact) mass is 210 g/mol. The third-order valence-electron chi connectivity index (χ3n) is 1.59. The predicted molar refractivity (Wildman–Crippen MR) is 52.7 cm³/mol. The van der Waals surface area contributed by atoms with Crippen LogP contribution in [0, 0.1) is 11.3 Å². The maximum absolute atomic E-state index is 11.1. The Morgan fingerprint density at radius 1 is 1.29 bits per heavy atom. The summed E-state index contributed by atoms with van der Waals surface area (Å²) < 4.78 is 24.5. The molecule has 5 heteroatoms. The molecule has 0 unspecified atom stereocenters.